The van der Waals surface area contributed by atoms with Gasteiger partial charge in [0.05, 0.1) is 32.5 Å². The number of ether oxygens (including phenoxy) is 2. The van der Waals surface area contributed by atoms with Crippen LogP contribution in [0.3, 0.4) is 0 Å². The molecule has 0 amide bonds. The third kappa shape index (κ3) is 2.65. The second-order valence-corrected chi connectivity index (χ2v) is 3.88. The van der Waals surface area contributed by atoms with Crippen molar-refractivity contribution in [3.8, 4) is 0 Å². The highest BCUT2D eigenvalue weighted by Crippen LogP contribution is 2.06. The molecule has 0 atom stereocenters. The van der Waals surface area contributed by atoms with Crippen molar-refractivity contribution in [3.05, 3.63) is 0 Å². The molecule has 0 saturated carbocycles. The molecule has 2 rings (SSSR count). The standard InChI is InChI=1S/C9H19N3O2/c10-12(9-7-14-8-9)2-1-11-3-5-13-6-4-11/h9H,1-8,10H2. The maximum atomic E-state index is 5.89. The van der Waals surface area contributed by atoms with Crippen LogP contribution in [0.2, 0.25) is 0 Å². The highest BCUT2D eigenvalue weighted by atomic mass is 16.5. The van der Waals surface area contributed by atoms with Gasteiger partial charge in [0, 0.05) is 26.2 Å². The Bertz CT molecular complexity index is 167. The van der Waals surface area contributed by atoms with Crippen LogP contribution in [0.25, 0.3) is 0 Å². The Balaban J connectivity index is 1.60. The summed E-state index contributed by atoms with van der Waals surface area (Å²) in [5.74, 6) is 5.89. The van der Waals surface area contributed by atoms with Gasteiger partial charge in [-0.15, -0.1) is 0 Å². The third-order valence-corrected chi connectivity index (χ3v) is 2.87. The molecule has 0 radical (unpaired) electrons. The van der Waals surface area contributed by atoms with Crippen molar-refractivity contribution in [3.63, 3.8) is 0 Å². The van der Waals surface area contributed by atoms with Crippen molar-refractivity contribution in [1.82, 2.24) is 9.91 Å². The summed E-state index contributed by atoms with van der Waals surface area (Å²) in [6.07, 6.45) is 0. The predicted octanol–water partition coefficient (Wildman–Crippen LogP) is -1.11. The van der Waals surface area contributed by atoms with Crippen LogP contribution in [0, 0.1) is 0 Å². The quantitative estimate of drug-likeness (QED) is 0.462. The smallest absolute Gasteiger partial charge is 0.0709 e. The number of rotatable bonds is 4. The van der Waals surface area contributed by atoms with Crippen molar-refractivity contribution in [2.45, 2.75) is 6.04 Å². The van der Waals surface area contributed by atoms with Gasteiger partial charge >= 0.3 is 0 Å². The highest BCUT2D eigenvalue weighted by molar-refractivity contribution is 4.74. The van der Waals surface area contributed by atoms with Gasteiger partial charge in [-0.25, -0.2) is 5.01 Å². The zero-order valence-corrected chi connectivity index (χ0v) is 8.52. The van der Waals surface area contributed by atoms with Crippen molar-refractivity contribution in [2.24, 2.45) is 5.84 Å². The van der Waals surface area contributed by atoms with E-state index >= 15 is 0 Å². The average molecular weight is 201 g/mol. The first kappa shape index (κ1) is 10.3. The van der Waals surface area contributed by atoms with E-state index < -0.39 is 0 Å². The number of hydrazine groups is 1. The first-order valence-electron chi connectivity index (χ1n) is 5.25. The van der Waals surface area contributed by atoms with Crippen molar-refractivity contribution >= 4 is 0 Å². The van der Waals surface area contributed by atoms with E-state index in [2.05, 4.69) is 4.90 Å². The van der Waals surface area contributed by atoms with Gasteiger partial charge in [-0.2, -0.15) is 0 Å². The second kappa shape index (κ2) is 5.04. The summed E-state index contributed by atoms with van der Waals surface area (Å²) in [6, 6.07) is 0.441. The number of nitrogens with zero attached hydrogens (tertiary/aromatic N) is 2. The van der Waals surface area contributed by atoms with E-state index in [0.29, 0.717) is 6.04 Å². The summed E-state index contributed by atoms with van der Waals surface area (Å²) in [5.41, 5.74) is 0. The first-order valence-corrected chi connectivity index (χ1v) is 5.25. The molecule has 82 valence electrons. The molecule has 2 aliphatic rings. The van der Waals surface area contributed by atoms with E-state index in [-0.39, 0.29) is 0 Å². The van der Waals surface area contributed by atoms with Crippen LogP contribution in [0.1, 0.15) is 0 Å². The van der Waals surface area contributed by atoms with Gasteiger partial charge in [-0.1, -0.05) is 0 Å². The van der Waals surface area contributed by atoms with Crippen LogP contribution < -0.4 is 5.84 Å². The minimum Gasteiger partial charge on any atom is -0.379 e. The Morgan fingerprint density at radius 2 is 1.93 bits per heavy atom. The van der Waals surface area contributed by atoms with Crippen LogP contribution in [0.15, 0.2) is 0 Å². The summed E-state index contributed by atoms with van der Waals surface area (Å²) >= 11 is 0. The van der Waals surface area contributed by atoms with Crippen LogP contribution in [0.5, 0.6) is 0 Å². The van der Waals surface area contributed by atoms with Crippen LogP contribution in [-0.2, 0) is 9.47 Å². The maximum Gasteiger partial charge on any atom is 0.0709 e. The Kier molecular flexibility index (Phi) is 3.72. The van der Waals surface area contributed by atoms with E-state index in [9.17, 15) is 0 Å². The van der Waals surface area contributed by atoms with Gasteiger partial charge in [-0.05, 0) is 0 Å². The lowest BCUT2D eigenvalue weighted by atomic mass is 10.2. The summed E-state index contributed by atoms with van der Waals surface area (Å²) in [6.45, 7) is 7.34. The molecule has 5 nitrogen and oxygen atoms in total. The number of hydrogen-bond acceptors (Lipinski definition) is 5. The Morgan fingerprint density at radius 3 is 2.50 bits per heavy atom. The van der Waals surface area contributed by atoms with Gasteiger partial charge in [0.15, 0.2) is 0 Å². The van der Waals surface area contributed by atoms with E-state index in [0.717, 1.165) is 52.6 Å². The molecule has 14 heavy (non-hydrogen) atoms. The molecule has 2 N–H and O–H groups in total. The number of morpholine rings is 1. The summed E-state index contributed by atoms with van der Waals surface area (Å²) in [7, 11) is 0. The average Bonchev–Trinajstić information content (AvgIpc) is 2.14. The molecule has 2 aliphatic heterocycles. The normalized spacial score (nSPS) is 25.3. The largest absolute Gasteiger partial charge is 0.379 e. The van der Waals surface area contributed by atoms with E-state index in [4.69, 9.17) is 15.3 Å². The molecule has 2 fully saturated rings. The fraction of sp³-hybridized carbons (Fsp3) is 1.00. The lowest BCUT2D eigenvalue weighted by Crippen LogP contribution is -2.55. The van der Waals surface area contributed by atoms with Gasteiger partial charge in [0.25, 0.3) is 0 Å². The second-order valence-electron chi connectivity index (χ2n) is 3.88. The van der Waals surface area contributed by atoms with E-state index in [1.807, 2.05) is 5.01 Å². The number of hydrogen-bond donors (Lipinski definition) is 1. The van der Waals surface area contributed by atoms with Crippen LogP contribution in [-0.4, -0.2) is 68.6 Å². The molecule has 2 saturated heterocycles. The molecule has 5 heteroatoms. The zero-order valence-electron chi connectivity index (χ0n) is 8.52. The molecule has 2 heterocycles. The van der Waals surface area contributed by atoms with Crippen molar-refractivity contribution < 1.29 is 9.47 Å². The summed E-state index contributed by atoms with van der Waals surface area (Å²) in [5, 5.41) is 1.90. The molecular weight excluding hydrogens is 182 g/mol. The molecule has 0 bridgehead atoms. The molecule has 0 aromatic heterocycles. The molecule has 0 unspecified atom stereocenters. The third-order valence-electron chi connectivity index (χ3n) is 2.87. The molecule has 0 aromatic carbocycles. The van der Waals surface area contributed by atoms with E-state index in [1.165, 1.54) is 0 Å². The Morgan fingerprint density at radius 1 is 1.21 bits per heavy atom. The van der Waals surface area contributed by atoms with E-state index in [1.54, 1.807) is 0 Å². The molecular formula is C9H19N3O2. The van der Waals surface area contributed by atoms with Crippen molar-refractivity contribution in [1.29, 1.82) is 0 Å². The van der Waals surface area contributed by atoms with Crippen LogP contribution in [0.4, 0.5) is 0 Å². The van der Waals surface area contributed by atoms with Crippen LogP contribution >= 0.6 is 0 Å². The minimum absolute atomic E-state index is 0.441. The highest BCUT2D eigenvalue weighted by Gasteiger charge is 2.23. The SMILES string of the molecule is NN(CCN1CCOCC1)C1COC1. The summed E-state index contributed by atoms with van der Waals surface area (Å²) < 4.78 is 10.4. The van der Waals surface area contributed by atoms with Gasteiger partial charge < -0.3 is 9.47 Å². The fourth-order valence-corrected chi connectivity index (χ4v) is 1.68. The fourth-order valence-electron chi connectivity index (χ4n) is 1.68. The molecule has 0 aliphatic carbocycles. The lowest BCUT2D eigenvalue weighted by Gasteiger charge is -2.35. The Hall–Kier alpha value is -0.200. The summed E-state index contributed by atoms with van der Waals surface area (Å²) in [4.78, 5) is 2.39. The molecule has 0 spiro atoms. The first-order chi connectivity index (χ1) is 6.86. The lowest BCUT2D eigenvalue weighted by molar-refractivity contribution is -0.0693. The Labute approximate surface area is 84.7 Å². The molecule has 0 aromatic rings. The van der Waals surface area contributed by atoms with Gasteiger partial charge in [0.2, 0.25) is 0 Å². The number of nitrogens with two attached hydrogens (primary N) is 1. The predicted molar refractivity (Wildman–Crippen MR) is 52.8 cm³/mol. The maximum absolute atomic E-state index is 5.89. The topological polar surface area (TPSA) is 51.0 Å². The van der Waals surface area contributed by atoms with Crippen molar-refractivity contribution in [2.75, 3.05) is 52.6 Å². The zero-order chi connectivity index (χ0) is 9.80. The minimum atomic E-state index is 0.441. The van der Waals surface area contributed by atoms with Gasteiger partial charge in [0.1, 0.15) is 0 Å². The monoisotopic (exact) mass is 201 g/mol. The van der Waals surface area contributed by atoms with Gasteiger partial charge in [-0.3, -0.25) is 10.7 Å².